The van der Waals surface area contributed by atoms with Crippen LogP contribution in [0.25, 0.3) is 10.8 Å². The lowest BCUT2D eigenvalue weighted by atomic mass is 10.1. The standard InChI is InChI=1S/C18H20N4O4S/c1-5-12-10(2)27-18(20-12)21-14(23)9-22-17(24)15-11(8-19-22)6-7-13(25-3)16(15)26-4/h6-8H,5,9H2,1-4H3,(H,20,21,23). The first-order valence-electron chi connectivity index (χ1n) is 8.35. The quantitative estimate of drug-likeness (QED) is 0.697. The summed E-state index contributed by atoms with van der Waals surface area (Å²) in [4.78, 5) is 30.6. The number of hydrogen-bond donors (Lipinski definition) is 1. The van der Waals surface area contributed by atoms with Crippen molar-refractivity contribution in [1.29, 1.82) is 0 Å². The molecule has 2 aromatic heterocycles. The lowest BCUT2D eigenvalue weighted by molar-refractivity contribution is -0.117. The van der Waals surface area contributed by atoms with Crippen molar-refractivity contribution in [3.8, 4) is 11.5 Å². The van der Waals surface area contributed by atoms with Crippen LogP contribution in [-0.4, -0.2) is 34.9 Å². The normalized spacial score (nSPS) is 10.8. The molecule has 2 heterocycles. The van der Waals surface area contributed by atoms with Crippen molar-refractivity contribution in [2.45, 2.75) is 26.8 Å². The van der Waals surface area contributed by atoms with Crippen molar-refractivity contribution in [1.82, 2.24) is 14.8 Å². The number of nitrogens with zero attached hydrogens (tertiary/aromatic N) is 3. The number of fused-ring (bicyclic) bond motifs is 1. The Morgan fingerprint density at radius 3 is 2.70 bits per heavy atom. The van der Waals surface area contributed by atoms with E-state index in [1.807, 2.05) is 13.8 Å². The minimum absolute atomic E-state index is 0.227. The molecule has 0 unspecified atom stereocenters. The van der Waals surface area contributed by atoms with Gasteiger partial charge in [0, 0.05) is 10.3 Å². The fourth-order valence-corrected chi connectivity index (χ4v) is 3.72. The van der Waals surface area contributed by atoms with Gasteiger partial charge >= 0.3 is 0 Å². The van der Waals surface area contributed by atoms with Gasteiger partial charge in [-0.15, -0.1) is 11.3 Å². The van der Waals surface area contributed by atoms with Gasteiger partial charge in [-0.25, -0.2) is 9.67 Å². The van der Waals surface area contributed by atoms with Gasteiger partial charge in [-0.1, -0.05) is 6.92 Å². The highest BCUT2D eigenvalue weighted by Gasteiger charge is 2.16. The van der Waals surface area contributed by atoms with E-state index in [0.29, 0.717) is 27.4 Å². The van der Waals surface area contributed by atoms with Gasteiger partial charge in [-0.3, -0.25) is 9.59 Å². The van der Waals surface area contributed by atoms with E-state index in [9.17, 15) is 9.59 Å². The van der Waals surface area contributed by atoms with Crippen LogP contribution in [-0.2, 0) is 17.8 Å². The van der Waals surface area contributed by atoms with Gasteiger partial charge in [-0.05, 0) is 25.5 Å². The van der Waals surface area contributed by atoms with Gasteiger partial charge in [-0.2, -0.15) is 5.10 Å². The van der Waals surface area contributed by atoms with Gasteiger partial charge in [0.15, 0.2) is 16.6 Å². The van der Waals surface area contributed by atoms with E-state index in [4.69, 9.17) is 9.47 Å². The molecule has 3 rings (SSSR count). The molecule has 0 fully saturated rings. The summed E-state index contributed by atoms with van der Waals surface area (Å²) in [7, 11) is 2.96. The molecule has 0 bridgehead atoms. The highest BCUT2D eigenvalue weighted by atomic mass is 32.1. The van der Waals surface area contributed by atoms with Gasteiger partial charge < -0.3 is 14.8 Å². The summed E-state index contributed by atoms with van der Waals surface area (Å²) in [6.45, 7) is 3.74. The smallest absolute Gasteiger partial charge is 0.279 e. The van der Waals surface area contributed by atoms with Crippen molar-refractivity contribution < 1.29 is 14.3 Å². The van der Waals surface area contributed by atoms with Crippen molar-refractivity contribution in [3.63, 3.8) is 0 Å². The molecule has 1 aromatic carbocycles. The summed E-state index contributed by atoms with van der Waals surface area (Å²) in [6.07, 6.45) is 2.32. The average molecular weight is 388 g/mol. The van der Waals surface area contributed by atoms with Crippen LogP contribution >= 0.6 is 11.3 Å². The predicted molar refractivity (Wildman–Crippen MR) is 104 cm³/mol. The maximum atomic E-state index is 12.8. The lowest BCUT2D eigenvalue weighted by Gasteiger charge is -2.11. The topological polar surface area (TPSA) is 95.3 Å². The number of anilines is 1. The fourth-order valence-electron chi connectivity index (χ4n) is 2.80. The Hall–Kier alpha value is -2.94. The van der Waals surface area contributed by atoms with E-state index in [1.165, 1.54) is 31.8 Å². The van der Waals surface area contributed by atoms with Gasteiger partial charge in [0.25, 0.3) is 5.56 Å². The molecule has 0 atom stereocenters. The second-order valence-electron chi connectivity index (χ2n) is 5.80. The number of benzene rings is 1. The van der Waals surface area contributed by atoms with Crippen molar-refractivity contribution in [2.24, 2.45) is 0 Å². The van der Waals surface area contributed by atoms with Crippen molar-refractivity contribution in [2.75, 3.05) is 19.5 Å². The first-order valence-corrected chi connectivity index (χ1v) is 9.17. The van der Waals surface area contributed by atoms with Crippen LogP contribution in [0.2, 0.25) is 0 Å². The number of methoxy groups -OCH3 is 2. The van der Waals surface area contributed by atoms with E-state index in [-0.39, 0.29) is 12.5 Å². The van der Waals surface area contributed by atoms with Gasteiger partial charge in [0.1, 0.15) is 6.54 Å². The molecule has 0 aliphatic carbocycles. The van der Waals surface area contributed by atoms with E-state index in [2.05, 4.69) is 15.4 Å². The third-order valence-corrected chi connectivity index (χ3v) is 5.06. The average Bonchev–Trinajstić information content (AvgIpc) is 3.02. The molecule has 1 N–H and O–H groups in total. The third kappa shape index (κ3) is 3.63. The number of rotatable bonds is 6. The van der Waals surface area contributed by atoms with Gasteiger partial charge in [0.05, 0.1) is 31.5 Å². The summed E-state index contributed by atoms with van der Waals surface area (Å²) in [5, 5.41) is 8.26. The summed E-state index contributed by atoms with van der Waals surface area (Å²) in [6, 6.07) is 3.43. The van der Waals surface area contributed by atoms with Crippen LogP contribution < -0.4 is 20.3 Å². The molecular weight excluding hydrogens is 368 g/mol. The number of carbonyl (C=O) groups excluding carboxylic acids is 1. The van der Waals surface area contributed by atoms with E-state index < -0.39 is 5.56 Å². The van der Waals surface area contributed by atoms with Crippen LogP contribution in [0.1, 0.15) is 17.5 Å². The van der Waals surface area contributed by atoms with Crippen LogP contribution in [0.15, 0.2) is 23.1 Å². The Balaban J connectivity index is 1.91. The summed E-state index contributed by atoms with van der Waals surface area (Å²) < 4.78 is 11.7. The van der Waals surface area contributed by atoms with Crippen molar-refractivity contribution in [3.05, 3.63) is 39.3 Å². The number of ether oxygens (including phenoxy) is 2. The number of carbonyl (C=O) groups is 1. The zero-order chi connectivity index (χ0) is 19.6. The molecule has 0 spiro atoms. The second-order valence-corrected chi connectivity index (χ2v) is 7.00. The maximum Gasteiger partial charge on any atom is 0.279 e. The Bertz CT molecular complexity index is 1060. The van der Waals surface area contributed by atoms with Crippen LogP contribution in [0.5, 0.6) is 11.5 Å². The molecule has 0 saturated carbocycles. The molecule has 0 aliphatic rings. The van der Waals surface area contributed by atoms with Crippen LogP contribution in [0.3, 0.4) is 0 Å². The van der Waals surface area contributed by atoms with E-state index in [1.54, 1.807) is 12.1 Å². The molecule has 0 radical (unpaired) electrons. The minimum atomic E-state index is -0.428. The monoisotopic (exact) mass is 388 g/mol. The van der Waals surface area contributed by atoms with Crippen LogP contribution in [0.4, 0.5) is 5.13 Å². The third-order valence-electron chi connectivity index (χ3n) is 4.13. The fraction of sp³-hybridized carbons (Fsp3) is 0.333. The predicted octanol–water partition coefficient (Wildman–Crippen LogP) is 2.38. The Morgan fingerprint density at radius 1 is 1.30 bits per heavy atom. The number of thiazole rings is 1. The molecule has 9 heteroatoms. The minimum Gasteiger partial charge on any atom is -0.493 e. The highest BCUT2D eigenvalue weighted by Crippen LogP contribution is 2.32. The molecule has 1 amide bonds. The van der Waals surface area contributed by atoms with Crippen molar-refractivity contribution >= 4 is 33.1 Å². The molecule has 0 saturated heterocycles. The summed E-state index contributed by atoms with van der Waals surface area (Å²) >= 11 is 1.41. The number of aryl methyl sites for hydroxylation is 2. The summed E-state index contributed by atoms with van der Waals surface area (Å²) in [5.41, 5.74) is 0.524. The highest BCUT2D eigenvalue weighted by molar-refractivity contribution is 7.15. The molecule has 142 valence electrons. The SMILES string of the molecule is CCc1nc(NC(=O)Cn2ncc3ccc(OC)c(OC)c3c2=O)sc1C. The molecule has 3 aromatic rings. The second kappa shape index (κ2) is 7.75. The molecule has 8 nitrogen and oxygen atoms in total. The molecular formula is C18H20N4O4S. The first-order chi connectivity index (χ1) is 13.0. The zero-order valence-electron chi connectivity index (χ0n) is 15.5. The molecule has 27 heavy (non-hydrogen) atoms. The number of nitrogens with one attached hydrogen (secondary N) is 1. The molecule has 0 aliphatic heterocycles. The number of aromatic nitrogens is 3. The Labute approximate surface area is 159 Å². The Kier molecular flexibility index (Phi) is 5.41. The van der Waals surface area contributed by atoms with E-state index in [0.717, 1.165) is 21.7 Å². The number of amides is 1. The number of hydrogen-bond acceptors (Lipinski definition) is 7. The maximum absolute atomic E-state index is 12.8. The lowest BCUT2D eigenvalue weighted by Crippen LogP contribution is -2.29. The summed E-state index contributed by atoms with van der Waals surface area (Å²) in [5.74, 6) is 0.386. The van der Waals surface area contributed by atoms with E-state index >= 15 is 0 Å². The first kappa shape index (κ1) is 18.8. The van der Waals surface area contributed by atoms with Gasteiger partial charge in [0.2, 0.25) is 5.91 Å². The largest absolute Gasteiger partial charge is 0.493 e. The Morgan fingerprint density at radius 2 is 2.07 bits per heavy atom. The van der Waals surface area contributed by atoms with Crippen LogP contribution in [0, 0.1) is 6.92 Å². The zero-order valence-corrected chi connectivity index (χ0v) is 16.3.